The minimum Gasteiger partial charge on any atom is -0.355 e. The van der Waals surface area contributed by atoms with Crippen molar-refractivity contribution >= 4 is 17.4 Å². The van der Waals surface area contributed by atoms with Crippen LogP contribution in [0.4, 0.5) is 5.82 Å². The number of amides is 1. The Morgan fingerprint density at radius 3 is 2.58 bits per heavy atom. The highest BCUT2D eigenvalue weighted by atomic mass is 16.2. The van der Waals surface area contributed by atoms with E-state index < -0.39 is 6.04 Å². The van der Waals surface area contributed by atoms with Gasteiger partial charge in [-0.15, -0.1) is 0 Å². The molecule has 1 saturated carbocycles. The maximum absolute atomic E-state index is 13.8. The molecule has 0 spiro atoms. The average molecular weight is 555 g/mol. The van der Waals surface area contributed by atoms with Crippen molar-refractivity contribution in [3.63, 3.8) is 0 Å². The van der Waals surface area contributed by atoms with Crippen LogP contribution < -0.4 is 33.2 Å². The molecule has 0 radical (unpaired) electrons. The molecule has 11 heteroatoms. The second-order valence-corrected chi connectivity index (χ2v) is 12.5. The summed E-state index contributed by atoms with van der Waals surface area (Å²) in [5.41, 5.74) is 14.9. The normalized spacial score (nSPS) is 24.7. The van der Waals surface area contributed by atoms with Crippen LogP contribution in [-0.4, -0.2) is 62.7 Å². The van der Waals surface area contributed by atoms with Crippen molar-refractivity contribution in [2.45, 2.75) is 120 Å². The molecule has 1 amide bonds. The third-order valence-electron chi connectivity index (χ3n) is 9.54. The Morgan fingerprint density at radius 1 is 1.10 bits per heavy atom. The third-order valence-corrected chi connectivity index (χ3v) is 9.54. The molecule has 11 nitrogen and oxygen atoms in total. The molecule has 5 rings (SSSR count). The van der Waals surface area contributed by atoms with Gasteiger partial charge in [0, 0.05) is 49.0 Å². The van der Waals surface area contributed by atoms with E-state index in [4.69, 9.17) is 27.5 Å². The predicted molar refractivity (Wildman–Crippen MR) is 158 cm³/mol. The number of nitrogens with zero attached hydrogens (tertiary/aromatic N) is 5. The SMILES string of the molecule is Cc1cn2nc([C@@H]3CCCCN3C(=O)C(CCCC3(NN)CCCCCCC3)NN)cc2nc1N1CC[C@H](N)C1. The number of fused-ring (bicyclic) bond motifs is 1. The third kappa shape index (κ3) is 6.44. The van der Waals surface area contributed by atoms with Crippen molar-refractivity contribution in [1.82, 2.24) is 30.3 Å². The number of carbonyl (C=O) groups excluding carboxylic acids is 1. The van der Waals surface area contributed by atoms with Crippen molar-refractivity contribution in [3.8, 4) is 0 Å². The van der Waals surface area contributed by atoms with Gasteiger partial charge in [-0.3, -0.25) is 21.9 Å². The van der Waals surface area contributed by atoms with Crippen molar-refractivity contribution in [1.29, 1.82) is 0 Å². The molecule has 2 aromatic rings. The largest absolute Gasteiger partial charge is 0.355 e. The molecule has 1 unspecified atom stereocenters. The molecular weight excluding hydrogens is 504 g/mol. The number of aryl methyl sites for hydroxylation is 1. The van der Waals surface area contributed by atoms with Gasteiger partial charge in [-0.2, -0.15) is 5.10 Å². The fraction of sp³-hybridized carbons (Fsp3) is 0.759. The van der Waals surface area contributed by atoms with Crippen LogP contribution in [0.2, 0.25) is 0 Å². The summed E-state index contributed by atoms with van der Waals surface area (Å²) in [6.07, 6.45) is 17.0. The summed E-state index contributed by atoms with van der Waals surface area (Å²) in [7, 11) is 0. The van der Waals surface area contributed by atoms with Crippen LogP contribution in [0.25, 0.3) is 5.65 Å². The number of rotatable bonds is 9. The van der Waals surface area contributed by atoms with Gasteiger partial charge >= 0.3 is 0 Å². The molecule has 3 aliphatic rings. The minimum absolute atomic E-state index is 0.0308. The molecule has 3 atom stereocenters. The first kappa shape index (κ1) is 29.2. The smallest absolute Gasteiger partial charge is 0.241 e. The van der Waals surface area contributed by atoms with E-state index in [1.807, 2.05) is 21.7 Å². The van der Waals surface area contributed by atoms with E-state index in [1.165, 1.54) is 32.1 Å². The molecule has 1 aliphatic carbocycles. The topological polar surface area (TPSA) is 156 Å². The summed E-state index contributed by atoms with van der Waals surface area (Å²) in [4.78, 5) is 23.1. The summed E-state index contributed by atoms with van der Waals surface area (Å²) >= 11 is 0. The number of anilines is 1. The number of nitrogens with one attached hydrogen (secondary N) is 2. The number of hydrogen-bond acceptors (Lipinski definition) is 9. The van der Waals surface area contributed by atoms with Crippen LogP contribution in [0.3, 0.4) is 0 Å². The number of nitrogens with two attached hydrogens (primary N) is 3. The van der Waals surface area contributed by atoms with Gasteiger partial charge in [-0.1, -0.05) is 32.1 Å². The lowest BCUT2D eigenvalue weighted by molar-refractivity contribution is -0.137. The van der Waals surface area contributed by atoms with E-state index in [9.17, 15) is 4.79 Å². The average Bonchev–Trinajstić information content (AvgIpc) is 3.57. The Bertz CT molecular complexity index is 1130. The molecule has 3 fully saturated rings. The van der Waals surface area contributed by atoms with E-state index in [1.54, 1.807) is 0 Å². The van der Waals surface area contributed by atoms with E-state index in [2.05, 4.69) is 22.7 Å². The molecule has 2 aromatic heterocycles. The number of likely N-dealkylation sites (tertiary alicyclic amines) is 1. The minimum atomic E-state index is -0.424. The summed E-state index contributed by atoms with van der Waals surface area (Å²) in [6.45, 7) is 4.54. The van der Waals surface area contributed by atoms with Crippen molar-refractivity contribution < 1.29 is 4.79 Å². The number of carbonyl (C=O) groups is 1. The highest BCUT2D eigenvalue weighted by Crippen LogP contribution is 2.34. The number of aromatic nitrogens is 3. The van der Waals surface area contributed by atoms with Crippen LogP contribution in [0.15, 0.2) is 12.3 Å². The molecule has 0 aromatic carbocycles. The summed E-state index contributed by atoms with van der Waals surface area (Å²) in [5, 5.41) is 4.90. The van der Waals surface area contributed by atoms with Crippen LogP contribution in [0.5, 0.6) is 0 Å². The highest BCUT2D eigenvalue weighted by Gasteiger charge is 2.35. The van der Waals surface area contributed by atoms with Gasteiger partial charge in [0.1, 0.15) is 5.82 Å². The molecular formula is C29H50N10O. The van der Waals surface area contributed by atoms with Gasteiger partial charge in [0.15, 0.2) is 5.65 Å². The molecule has 2 aliphatic heterocycles. The number of hydrogen-bond donors (Lipinski definition) is 5. The molecule has 2 saturated heterocycles. The molecule has 40 heavy (non-hydrogen) atoms. The Morgan fingerprint density at radius 2 is 1.88 bits per heavy atom. The maximum Gasteiger partial charge on any atom is 0.241 e. The van der Waals surface area contributed by atoms with E-state index in [0.717, 1.165) is 87.2 Å². The second-order valence-electron chi connectivity index (χ2n) is 12.5. The van der Waals surface area contributed by atoms with Crippen LogP contribution in [-0.2, 0) is 4.79 Å². The maximum atomic E-state index is 13.8. The first-order chi connectivity index (χ1) is 19.4. The fourth-order valence-electron chi connectivity index (χ4n) is 7.16. The fourth-order valence-corrected chi connectivity index (χ4v) is 7.16. The van der Waals surface area contributed by atoms with Crippen molar-refractivity contribution in [2.75, 3.05) is 24.5 Å². The van der Waals surface area contributed by atoms with Crippen molar-refractivity contribution in [2.24, 2.45) is 17.4 Å². The lowest BCUT2D eigenvalue weighted by Crippen LogP contribution is -2.52. The lowest BCUT2D eigenvalue weighted by atomic mass is 9.80. The van der Waals surface area contributed by atoms with E-state index >= 15 is 0 Å². The summed E-state index contributed by atoms with van der Waals surface area (Å²) in [5.74, 6) is 13.1. The Kier molecular flexibility index (Phi) is 9.57. The predicted octanol–water partition coefficient (Wildman–Crippen LogP) is 2.58. The van der Waals surface area contributed by atoms with Gasteiger partial charge in [0.2, 0.25) is 5.91 Å². The summed E-state index contributed by atoms with van der Waals surface area (Å²) in [6, 6.07) is 1.74. The first-order valence-corrected chi connectivity index (χ1v) is 15.5. The van der Waals surface area contributed by atoms with E-state index in [0.29, 0.717) is 13.0 Å². The van der Waals surface area contributed by atoms with Crippen LogP contribution in [0.1, 0.15) is 107 Å². The van der Waals surface area contributed by atoms with Crippen molar-refractivity contribution in [3.05, 3.63) is 23.5 Å². The number of piperidine rings is 1. The monoisotopic (exact) mass is 554 g/mol. The van der Waals surface area contributed by atoms with Gasteiger partial charge in [0.25, 0.3) is 0 Å². The standard InChI is InChI=1S/C29H50N10O/c1-21-19-39-26(33-27(21)37-17-12-22(30)20-37)18-24(35-39)25-11-5-8-16-38(25)28(40)23(34-31)10-9-15-29(36-32)13-6-3-2-4-7-14-29/h18-19,22-23,25,34,36H,2-17,20,30-32H2,1H3/t22-,23?,25-/m0/s1. The molecule has 8 N–H and O–H groups in total. The summed E-state index contributed by atoms with van der Waals surface area (Å²) < 4.78 is 1.86. The quantitative estimate of drug-likeness (QED) is 0.232. The van der Waals surface area contributed by atoms with Gasteiger partial charge in [0.05, 0.1) is 17.8 Å². The second kappa shape index (κ2) is 13.1. The Hall–Kier alpha value is -2.31. The Labute approximate surface area is 238 Å². The van der Waals surface area contributed by atoms with Gasteiger partial charge < -0.3 is 15.5 Å². The lowest BCUT2D eigenvalue weighted by Gasteiger charge is -2.38. The zero-order valence-electron chi connectivity index (χ0n) is 24.3. The highest BCUT2D eigenvalue weighted by molar-refractivity contribution is 5.82. The van der Waals surface area contributed by atoms with Crippen LogP contribution in [0, 0.1) is 6.92 Å². The van der Waals surface area contributed by atoms with Crippen LogP contribution >= 0.6 is 0 Å². The molecule has 4 heterocycles. The number of hydrazine groups is 2. The zero-order chi connectivity index (χ0) is 28.1. The zero-order valence-corrected chi connectivity index (χ0v) is 24.3. The van der Waals surface area contributed by atoms with E-state index in [-0.39, 0.29) is 23.5 Å². The Balaban J connectivity index is 1.27. The molecule has 222 valence electrons. The van der Waals surface area contributed by atoms with Gasteiger partial charge in [-0.25, -0.2) is 14.9 Å². The first-order valence-electron chi connectivity index (χ1n) is 15.5. The molecule has 0 bridgehead atoms. The van der Waals surface area contributed by atoms with Gasteiger partial charge in [-0.05, 0) is 64.7 Å².